The predicted octanol–water partition coefficient (Wildman–Crippen LogP) is 4.81. The van der Waals surface area contributed by atoms with Gasteiger partial charge >= 0.3 is 5.97 Å². The largest absolute Gasteiger partial charge is 0.496 e. The van der Waals surface area contributed by atoms with Crippen LogP contribution >= 0.6 is 0 Å². The highest BCUT2D eigenvalue weighted by molar-refractivity contribution is 6.19. The average Bonchev–Trinajstić information content (AvgIpc) is 3.17. The van der Waals surface area contributed by atoms with Crippen molar-refractivity contribution < 1.29 is 23.8 Å². The van der Waals surface area contributed by atoms with E-state index in [0.717, 1.165) is 16.3 Å². The number of para-hydroxylation sites is 1. The van der Waals surface area contributed by atoms with Crippen LogP contribution in [0.15, 0.2) is 96.4 Å². The molecule has 0 unspecified atom stereocenters. The Labute approximate surface area is 220 Å². The number of carbonyl (C=O) groups excluding carboxylic acids is 2. The molecule has 0 saturated heterocycles. The Balaban J connectivity index is 1.70. The number of nitrogens with two attached hydrogens (primary N) is 1. The van der Waals surface area contributed by atoms with Crippen molar-refractivity contribution in [3.05, 3.63) is 113 Å². The van der Waals surface area contributed by atoms with Gasteiger partial charge in [-0.05, 0) is 24.6 Å². The summed E-state index contributed by atoms with van der Waals surface area (Å²) in [5.74, 6) is -0.201. The van der Waals surface area contributed by atoms with Gasteiger partial charge in [0.2, 0.25) is 11.8 Å². The van der Waals surface area contributed by atoms with Crippen molar-refractivity contribution in [2.75, 3.05) is 18.6 Å². The topological polar surface area (TPSA) is 91.1 Å². The Morgan fingerprint density at radius 2 is 1.63 bits per heavy atom. The molecule has 0 radical (unpaired) electrons. The third kappa shape index (κ3) is 3.21. The van der Waals surface area contributed by atoms with Gasteiger partial charge in [0.15, 0.2) is 0 Å². The fourth-order valence-electron chi connectivity index (χ4n) is 5.69. The first-order valence-corrected chi connectivity index (χ1v) is 12.4. The van der Waals surface area contributed by atoms with E-state index >= 15 is 0 Å². The molecule has 2 heterocycles. The number of carbonyl (C=O) groups is 2. The highest BCUT2D eigenvalue weighted by Gasteiger charge is 2.61. The Morgan fingerprint density at radius 1 is 0.947 bits per heavy atom. The van der Waals surface area contributed by atoms with Crippen LogP contribution in [-0.4, -0.2) is 25.6 Å². The molecule has 0 saturated carbocycles. The molecule has 0 aromatic heterocycles. The third-order valence-electron chi connectivity index (χ3n) is 7.24. The van der Waals surface area contributed by atoms with E-state index in [2.05, 4.69) is 0 Å². The summed E-state index contributed by atoms with van der Waals surface area (Å²) in [6, 6.07) is 26.6. The standard InChI is InChI=1S/C31H26N2O5/c1-3-37-29(34)26-28(32)38-27-21-14-8-7-13-20(21)25(36-2)17-23(27)31(26)22-15-9-10-16-24(22)33(30(31)35)18-19-11-5-4-6-12-19/h4-17H,3,18,32H2,1-2H3/t31-/m0/s1. The second-order valence-corrected chi connectivity index (χ2v) is 9.21. The summed E-state index contributed by atoms with van der Waals surface area (Å²) in [5.41, 5.74) is 7.65. The van der Waals surface area contributed by atoms with E-state index in [4.69, 9.17) is 19.9 Å². The van der Waals surface area contributed by atoms with Crippen LogP contribution in [0.1, 0.15) is 23.6 Å². The average molecular weight is 507 g/mol. The molecular formula is C31H26N2O5. The number of ether oxygens (including phenoxy) is 3. The van der Waals surface area contributed by atoms with Crippen molar-refractivity contribution in [2.45, 2.75) is 18.9 Å². The Hall–Kier alpha value is -4.78. The van der Waals surface area contributed by atoms with Gasteiger partial charge in [-0.25, -0.2) is 4.79 Å². The third-order valence-corrected chi connectivity index (χ3v) is 7.24. The second-order valence-electron chi connectivity index (χ2n) is 9.21. The second kappa shape index (κ2) is 8.95. The van der Waals surface area contributed by atoms with Crippen LogP contribution in [0.5, 0.6) is 11.5 Å². The zero-order valence-corrected chi connectivity index (χ0v) is 21.1. The number of hydrogen-bond acceptors (Lipinski definition) is 6. The van der Waals surface area contributed by atoms with E-state index in [0.29, 0.717) is 34.9 Å². The first-order valence-electron chi connectivity index (χ1n) is 12.4. The molecule has 1 amide bonds. The van der Waals surface area contributed by atoms with E-state index in [-0.39, 0.29) is 24.0 Å². The number of fused-ring (bicyclic) bond motifs is 6. The molecule has 1 atom stereocenters. The van der Waals surface area contributed by atoms with Crippen molar-refractivity contribution in [3.63, 3.8) is 0 Å². The van der Waals surface area contributed by atoms with E-state index in [9.17, 15) is 9.59 Å². The first-order chi connectivity index (χ1) is 18.5. The highest BCUT2D eigenvalue weighted by atomic mass is 16.5. The zero-order valence-electron chi connectivity index (χ0n) is 21.1. The van der Waals surface area contributed by atoms with Crippen molar-refractivity contribution in [1.82, 2.24) is 0 Å². The maximum atomic E-state index is 14.8. The van der Waals surface area contributed by atoms with Gasteiger partial charge in [0.25, 0.3) is 0 Å². The lowest BCUT2D eigenvalue weighted by molar-refractivity contribution is -0.140. The lowest BCUT2D eigenvalue weighted by Crippen LogP contribution is -2.48. The maximum Gasteiger partial charge on any atom is 0.341 e. The van der Waals surface area contributed by atoms with Crippen LogP contribution in [0.3, 0.4) is 0 Å². The molecule has 4 aromatic rings. The number of esters is 1. The first kappa shape index (κ1) is 23.6. The lowest BCUT2D eigenvalue weighted by atomic mass is 9.67. The summed E-state index contributed by atoms with van der Waals surface area (Å²) in [6.45, 7) is 2.14. The Bertz CT molecular complexity index is 1630. The summed E-state index contributed by atoms with van der Waals surface area (Å²) < 4.78 is 17.4. The molecule has 4 aromatic carbocycles. The van der Waals surface area contributed by atoms with Gasteiger partial charge in [0, 0.05) is 27.6 Å². The van der Waals surface area contributed by atoms with Crippen LogP contribution in [0, 0.1) is 0 Å². The fourth-order valence-corrected chi connectivity index (χ4v) is 5.69. The number of benzene rings is 4. The van der Waals surface area contributed by atoms with Gasteiger partial charge in [-0.3, -0.25) is 4.79 Å². The molecule has 7 heteroatoms. The fraction of sp³-hybridized carbons (Fsp3) is 0.161. The molecule has 190 valence electrons. The molecule has 6 rings (SSSR count). The number of hydrogen-bond donors (Lipinski definition) is 1. The molecule has 0 fully saturated rings. The van der Waals surface area contributed by atoms with Crippen molar-refractivity contribution in [1.29, 1.82) is 0 Å². The molecule has 38 heavy (non-hydrogen) atoms. The van der Waals surface area contributed by atoms with E-state index in [1.807, 2.05) is 78.9 Å². The SMILES string of the molecule is CCOC(=O)C1=C(N)Oc2c(cc(OC)c3ccccc23)[C@]12C(=O)N(Cc1ccccc1)c1ccccc12. The van der Waals surface area contributed by atoms with Gasteiger partial charge in [0.05, 0.1) is 20.3 Å². The quantitative estimate of drug-likeness (QED) is 0.391. The van der Waals surface area contributed by atoms with Crippen LogP contribution < -0.4 is 20.1 Å². The molecule has 7 nitrogen and oxygen atoms in total. The summed E-state index contributed by atoms with van der Waals surface area (Å²) in [7, 11) is 1.58. The molecule has 2 N–H and O–H groups in total. The Kier molecular flexibility index (Phi) is 5.56. The minimum absolute atomic E-state index is 0.0304. The smallest absolute Gasteiger partial charge is 0.341 e. The van der Waals surface area contributed by atoms with Crippen LogP contribution in [0.25, 0.3) is 10.8 Å². The minimum Gasteiger partial charge on any atom is -0.496 e. The molecular weight excluding hydrogens is 480 g/mol. The van der Waals surface area contributed by atoms with Gasteiger partial charge < -0.3 is 24.8 Å². The minimum atomic E-state index is -1.59. The number of methoxy groups -OCH3 is 1. The normalized spacial score (nSPS) is 17.8. The summed E-state index contributed by atoms with van der Waals surface area (Å²) in [5, 5.41) is 1.52. The van der Waals surface area contributed by atoms with Crippen molar-refractivity contribution in [2.24, 2.45) is 5.73 Å². The predicted molar refractivity (Wildman–Crippen MR) is 144 cm³/mol. The lowest BCUT2D eigenvalue weighted by Gasteiger charge is -2.37. The van der Waals surface area contributed by atoms with Crippen LogP contribution in [0.2, 0.25) is 0 Å². The number of anilines is 1. The van der Waals surface area contributed by atoms with Crippen LogP contribution in [0.4, 0.5) is 5.69 Å². The van der Waals surface area contributed by atoms with E-state index in [1.165, 1.54) is 0 Å². The molecule has 2 aliphatic heterocycles. The summed E-state index contributed by atoms with van der Waals surface area (Å²) in [6.07, 6.45) is 0. The number of rotatable bonds is 5. The zero-order chi connectivity index (χ0) is 26.4. The number of amides is 1. The molecule has 0 aliphatic carbocycles. The number of nitrogens with zero attached hydrogens (tertiary/aromatic N) is 1. The molecule has 0 bridgehead atoms. The van der Waals surface area contributed by atoms with Crippen molar-refractivity contribution in [3.8, 4) is 11.5 Å². The van der Waals surface area contributed by atoms with E-state index < -0.39 is 11.4 Å². The van der Waals surface area contributed by atoms with E-state index in [1.54, 1.807) is 25.0 Å². The summed E-state index contributed by atoms with van der Waals surface area (Å²) in [4.78, 5) is 30.1. The maximum absolute atomic E-state index is 14.8. The Morgan fingerprint density at radius 3 is 2.37 bits per heavy atom. The van der Waals surface area contributed by atoms with Gasteiger partial charge in [0.1, 0.15) is 22.5 Å². The van der Waals surface area contributed by atoms with Gasteiger partial charge in [-0.1, -0.05) is 72.8 Å². The van der Waals surface area contributed by atoms with Crippen molar-refractivity contribution >= 4 is 28.3 Å². The monoisotopic (exact) mass is 506 g/mol. The van der Waals surface area contributed by atoms with Crippen LogP contribution in [-0.2, 0) is 26.3 Å². The summed E-state index contributed by atoms with van der Waals surface area (Å²) >= 11 is 0. The molecule has 1 spiro atoms. The highest BCUT2D eigenvalue weighted by Crippen LogP contribution is 2.58. The molecule has 2 aliphatic rings. The van der Waals surface area contributed by atoms with Gasteiger partial charge in [-0.2, -0.15) is 0 Å². The van der Waals surface area contributed by atoms with Gasteiger partial charge in [-0.15, -0.1) is 0 Å².